The van der Waals surface area contributed by atoms with Gasteiger partial charge in [0.2, 0.25) is 11.9 Å². The predicted molar refractivity (Wildman–Crippen MR) is 90.6 cm³/mol. The number of aromatic amines is 1. The number of nitrogens with one attached hydrogen (secondary N) is 2. The predicted octanol–water partition coefficient (Wildman–Crippen LogP) is 2.74. The van der Waals surface area contributed by atoms with E-state index in [1.807, 2.05) is 25.9 Å². The minimum Gasteiger partial charge on any atom is -0.365 e. The first-order chi connectivity index (χ1) is 10.5. The summed E-state index contributed by atoms with van der Waals surface area (Å²) < 4.78 is 0. The van der Waals surface area contributed by atoms with Gasteiger partial charge < -0.3 is 15.2 Å². The van der Waals surface area contributed by atoms with Gasteiger partial charge in [-0.05, 0) is 38.3 Å². The molecule has 0 saturated carbocycles. The molecule has 0 spiro atoms. The summed E-state index contributed by atoms with van der Waals surface area (Å²) in [5, 5.41) is 3.20. The van der Waals surface area contributed by atoms with Crippen molar-refractivity contribution in [2.45, 2.75) is 39.5 Å². The van der Waals surface area contributed by atoms with Crippen LogP contribution >= 0.6 is 0 Å². The molecule has 0 aliphatic carbocycles. The molecule has 0 aliphatic rings. The second-order valence-corrected chi connectivity index (χ2v) is 5.74. The van der Waals surface area contributed by atoms with Gasteiger partial charge in [-0.2, -0.15) is 15.0 Å². The Labute approximate surface area is 132 Å². The Kier molecular flexibility index (Phi) is 5.35. The van der Waals surface area contributed by atoms with Crippen LogP contribution in [-0.4, -0.2) is 40.6 Å². The van der Waals surface area contributed by atoms with Crippen molar-refractivity contribution in [3.8, 4) is 0 Å². The number of rotatable bonds is 7. The van der Waals surface area contributed by atoms with Gasteiger partial charge in [0.05, 0.1) is 0 Å². The molecule has 0 bridgehead atoms. The normalized spacial score (nSPS) is 12.2. The maximum absolute atomic E-state index is 4.64. The molecule has 0 fully saturated rings. The molecule has 6 heteroatoms. The lowest BCUT2D eigenvalue weighted by Gasteiger charge is -2.17. The minimum absolute atomic E-state index is 0.286. The Morgan fingerprint density at radius 1 is 1.23 bits per heavy atom. The lowest BCUT2D eigenvalue weighted by molar-refractivity contribution is 0.613. The average Bonchev–Trinajstić information content (AvgIpc) is 2.90. The summed E-state index contributed by atoms with van der Waals surface area (Å²) in [6.45, 7) is 7.08. The van der Waals surface area contributed by atoms with Crippen LogP contribution in [-0.2, 0) is 6.42 Å². The molecule has 1 unspecified atom stereocenters. The molecule has 6 nitrogen and oxygen atoms in total. The van der Waals surface area contributed by atoms with Crippen molar-refractivity contribution in [2.24, 2.45) is 0 Å². The second kappa shape index (κ2) is 7.24. The summed E-state index contributed by atoms with van der Waals surface area (Å²) in [6, 6.07) is 2.18. The number of aromatic nitrogens is 4. The van der Waals surface area contributed by atoms with E-state index in [1.165, 1.54) is 11.3 Å². The van der Waals surface area contributed by atoms with Gasteiger partial charge in [-0.25, -0.2) is 0 Å². The monoisotopic (exact) mass is 302 g/mol. The van der Waals surface area contributed by atoms with Gasteiger partial charge in [-0.1, -0.05) is 6.92 Å². The van der Waals surface area contributed by atoms with Crippen LogP contribution in [0.3, 0.4) is 0 Å². The van der Waals surface area contributed by atoms with Gasteiger partial charge in [-0.3, -0.25) is 0 Å². The highest BCUT2D eigenvalue weighted by Crippen LogP contribution is 2.23. The van der Waals surface area contributed by atoms with Gasteiger partial charge in [-0.15, -0.1) is 0 Å². The standard InChI is InChI=1S/C16H26N6/c1-6-13(9-12-8-11(3)18-10-12)14-19-15(17-7-2)21-16(20-14)22(4)5/h8,10,13,18H,6-7,9H2,1-5H3,(H,17,19,20,21). The number of anilines is 2. The third-order valence-corrected chi connectivity index (χ3v) is 3.60. The van der Waals surface area contributed by atoms with E-state index in [2.05, 4.69) is 51.4 Å². The molecule has 0 aliphatic heterocycles. The molecule has 120 valence electrons. The van der Waals surface area contributed by atoms with Crippen LogP contribution in [0.4, 0.5) is 11.9 Å². The van der Waals surface area contributed by atoms with Crippen molar-refractivity contribution in [2.75, 3.05) is 30.9 Å². The van der Waals surface area contributed by atoms with Crippen molar-refractivity contribution >= 4 is 11.9 Å². The van der Waals surface area contributed by atoms with Crippen LogP contribution in [0, 0.1) is 6.92 Å². The Morgan fingerprint density at radius 3 is 2.55 bits per heavy atom. The molecule has 2 N–H and O–H groups in total. The number of hydrogen-bond donors (Lipinski definition) is 2. The Hall–Kier alpha value is -2.11. The molecule has 2 aromatic rings. The van der Waals surface area contributed by atoms with E-state index >= 15 is 0 Å². The maximum Gasteiger partial charge on any atom is 0.229 e. The van der Waals surface area contributed by atoms with Crippen LogP contribution in [0.5, 0.6) is 0 Å². The highest BCUT2D eigenvalue weighted by molar-refractivity contribution is 5.36. The van der Waals surface area contributed by atoms with Crippen LogP contribution in [0.25, 0.3) is 0 Å². The second-order valence-electron chi connectivity index (χ2n) is 5.74. The Balaban J connectivity index is 2.30. The Morgan fingerprint density at radius 2 is 2.00 bits per heavy atom. The highest BCUT2D eigenvalue weighted by Gasteiger charge is 2.17. The largest absolute Gasteiger partial charge is 0.365 e. The Bertz CT molecular complexity index is 604. The molecule has 2 rings (SSSR count). The zero-order valence-corrected chi connectivity index (χ0v) is 14.1. The molecule has 2 aromatic heterocycles. The van der Waals surface area contributed by atoms with Crippen LogP contribution < -0.4 is 10.2 Å². The number of hydrogen-bond acceptors (Lipinski definition) is 5. The molecule has 1 atom stereocenters. The van der Waals surface area contributed by atoms with E-state index in [1.54, 1.807) is 0 Å². The molecule has 0 saturated heterocycles. The van der Waals surface area contributed by atoms with Gasteiger partial charge in [0, 0.05) is 38.4 Å². The molecular weight excluding hydrogens is 276 g/mol. The lowest BCUT2D eigenvalue weighted by Crippen LogP contribution is -2.18. The fourth-order valence-electron chi connectivity index (χ4n) is 2.39. The smallest absolute Gasteiger partial charge is 0.229 e. The molecule has 2 heterocycles. The van der Waals surface area contributed by atoms with Gasteiger partial charge in [0.15, 0.2) is 0 Å². The lowest BCUT2D eigenvalue weighted by atomic mass is 9.97. The summed E-state index contributed by atoms with van der Waals surface area (Å²) in [7, 11) is 3.90. The number of aryl methyl sites for hydroxylation is 1. The van der Waals surface area contributed by atoms with E-state index in [-0.39, 0.29) is 5.92 Å². The molecule has 0 aromatic carbocycles. The van der Waals surface area contributed by atoms with Gasteiger partial charge in [0.1, 0.15) is 5.82 Å². The fraction of sp³-hybridized carbons (Fsp3) is 0.562. The van der Waals surface area contributed by atoms with Crippen LogP contribution in [0.15, 0.2) is 12.3 Å². The van der Waals surface area contributed by atoms with E-state index < -0.39 is 0 Å². The van der Waals surface area contributed by atoms with Crippen LogP contribution in [0.1, 0.15) is 43.3 Å². The first-order valence-corrected chi connectivity index (χ1v) is 7.84. The first kappa shape index (κ1) is 16.3. The average molecular weight is 302 g/mol. The maximum atomic E-state index is 4.64. The molecule has 0 amide bonds. The van der Waals surface area contributed by atoms with Crippen molar-refractivity contribution in [1.29, 1.82) is 0 Å². The minimum atomic E-state index is 0.286. The molecule has 0 radical (unpaired) electrons. The summed E-state index contributed by atoms with van der Waals surface area (Å²) in [5.41, 5.74) is 2.48. The van der Waals surface area contributed by atoms with Crippen molar-refractivity contribution in [1.82, 2.24) is 19.9 Å². The third-order valence-electron chi connectivity index (χ3n) is 3.60. The first-order valence-electron chi connectivity index (χ1n) is 7.84. The van der Waals surface area contributed by atoms with E-state index in [0.29, 0.717) is 11.9 Å². The summed E-state index contributed by atoms with van der Waals surface area (Å²) in [5.74, 6) is 2.50. The molecular formula is C16H26N6. The summed E-state index contributed by atoms with van der Waals surface area (Å²) in [4.78, 5) is 18.8. The molecule has 22 heavy (non-hydrogen) atoms. The highest BCUT2D eigenvalue weighted by atomic mass is 15.3. The SMILES string of the molecule is CCNc1nc(C(CC)Cc2c[nH]c(C)c2)nc(N(C)C)n1. The summed E-state index contributed by atoms with van der Waals surface area (Å²) in [6.07, 6.45) is 3.99. The van der Waals surface area contributed by atoms with Gasteiger partial charge >= 0.3 is 0 Å². The quantitative estimate of drug-likeness (QED) is 0.823. The van der Waals surface area contributed by atoms with E-state index in [0.717, 1.165) is 25.2 Å². The zero-order valence-electron chi connectivity index (χ0n) is 14.1. The number of nitrogens with zero attached hydrogens (tertiary/aromatic N) is 4. The third kappa shape index (κ3) is 3.96. The van der Waals surface area contributed by atoms with Crippen molar-refractivity contribution in [3.63, 3.8) is 0 Å². The van der Waals surface area contributed by atoms with Crippen LogP contribution in [0.2, 0.25) is 0 Å². The number of H-pyrrole nitrogens is 1. The van der Waals surface area contributed by atoms with Crippen molar-refractivity contribution < 1.29 is 0 Å². The van der Waals surface area contributed by atoms with Crippen molar-refractivity contribution in [3.05, 3.63) is 29.3 Å². The van der Waals surface area contributed by atoms with Gasteiger partial charge in [0.25, 0.3) is 0 Å². The summed E-state index contributed by atoms with van der Waals surface area (Å²) >= 11 is 0. The van der Waals surface area contributed by atoms with E-state index in [9.17, 15) is 0 Å². The zero-order chi connectivity index (χ0) is 16.1. The van der Waals surface area contributed by atoms with E-state index in [4.69, 9.17) is 0 Å². The topological polar surface area (TPSA) is 69.7 Å². The fourth-order valence-corrected chi connectivity index (χ4v) is 2.39.